The second-order valence-corrected chi connectivity index (χ2v) is 11.0. The lowest BCUT2D eigenvalue weighted by Crippen LogP contribution is -2.36. The van der Waals surface area contributed by atoms with Gasteiger partial charge in [0.2, 0.25) is 11.8 Å². The zero-order valence-electron chi connectivity index (χ0n) is 18.2. The highest BCUT2D eigenvalue weighted by atomic mass is 32.2. The molecule has 0 bridgehead atoms. The van der Waals surface area contributed by atoms with Gasteiger partial charge < -0.3 is 10.2 Å². The van der Waals surface area contributed by atoms with Crippen LogP contribution in [0.4, 0.5) is 11.4 Å². The molecule has 1 aromatic heterocycles. The summed E-state index contributed by atoms with van der Waals surface area (Å²) in [6, 6.07) is 14.2. The van der Waals surface area contributed by atoms with E-state index in [1.807, 2.05) is 41.3 Å². The molecular formula is C25H27N3O2S2. The van der Waals surface area contributed by atoms with Gasteiger partial charge in [0.25, 0.3) is 0 Å². The quantitative estimate of drug-likeness (QED) is 0.478. The number of thiazole rings is 1. The average Bonchev–Trinajstić information content (AvgIpc) is 3.37. The van der Waals surface area contributed by atoms with Gasteiger partial charge in [-0.25, -0.2) is 4.98 Å². The lowest BCUT2D eigenvalue weighted by Gasteiger charge is -2.22. The van der Waals surface area contributed by atoms with E-state index < -0.39 is 0 Å². The van der Waals surface area contributed by atoms with Crippen LogP contribution in [0.2, 0.25) is 0 Å². The predicted molar refractivity (Wildman–Crippen MR) is 133 cm³/mol. The van der Waals surface area contributed by atoms with Crippen LogP contribution in [0, 0.1) is 5.92 Å². The molecule has 5 nitrogen and oxygen atoms in total. The van der Waals surface area contributed by atoms with Crippen molar-refractivity contribution in [2.75, 3.05) is 16.0 Å². The number of anilines is 2. The number of benzene rings is 2. The normalized spacial score (nSPS) is 18.7. The van der Waals surface area contributed by atoms with Crippen molar-refractivity contribution in [1.29, 1.82) is 0 Å². The molecule has 2 aromatic carbocycles. The van der Waals surface area contributed by atoms with Crippen LogP contribution in [-0.2, 0) is 16.0 Å². The van der Waals surface area contributed by atoms with Crippen molar-refractivity contribution in [3.05, 3.63) is 48.0 Å². The summed E-state index contributed by atoms with van der Waals surface area (Å²) in [6.07, 6.45) is 6.42. The monoisotopic (exact) mass is 465 g/mol. The molecule has 1 aliphatic carbocycles. The van der Waals surface area contributed by atoms with Gasteiger partial charge in [-0.2, -0.15) is 0 Å². The molecule has 7 heteroatoms. The molecule has 5 rings (SSSR count). The molecule has 0 unspecified atom stereocenters. The first-order valence-corrected chi connectivity index (χ1v) is 13.1. The van der Waals surface area contributed by atoms with E-state index >= 15 is 0 Å². The predicted octanol–water partition coefficient (Wildman–Crippen LogP) is 5.89. The lowest BCUT2D eigenvalue weighted by molar-refractivity contribution is -0.120. The van der Waals surface area contributed by atoms with Crippen LogP contribution in [0.3, 0.4) is 0 Å². The number of rotatable bonds is 5. The highest BCUT2D eigenvalue weighted by Gasteiger charge is 2.30. The fraction of sp³-hybridized carbons (Fsp3) is 0.400. The molecule has 2 amide bonds. The molecule has 166 valence electrons. The first kappa shape index (κ1) is 21.5. The summed E-state index contributed by atoms with van der Waals surface area (Å²) in [4.78, 5) is 32.1. The minimum absolute atomic E-state index is 0.118. The first-order valence-electron chi connectivity index (χ1n) is 11.3. The van der Waals surface area contributed by atoms with Gasteiger partial charge in [0.05, 0.1) is 16.0 Å². The number of para-hydroxylation sites is 1. The Bertz CT molecular complexity index is 1150. The molecule has 1 aliphatic heterocycles. The third kappa shape index (κ3) is 4.41. The Morgan fingerprint density at radius 1 is 1.16 bits per heavy atom. The van der Waals surface area contributed by atoms with Gasteiger partial charge in [0, 0.05) is 23.3 Å². The van der Waals surface area contributed by atoms with E-state index in [0.717, 1.165) is 58.0 Å². The standard InChI is InChI=1S/C25H27N3O2S2/c1-16-13-18-9-5-6-10-21(18)28(16)23(29)15-31-25-27-20-12-11-19(14-22(20)32-25)26-24(30)17-7-3-2-4-8-17/h5-6,9-12,14,16-17H,2-4,7-8,13,15H2,1H3,(H,26,30)/t16-/m0/s1. The molecule has 1 saturated carbocycles. The Balaban J connectivity index is 1.23. The zero-order chi connectivity index (χ0) is 22.1. The van der Waals surface area contributed by atoms with Gasteiger partial charge >= 0.3 is 0 Å². The summed E-state index contributed by atoms with van der Waals surface area (Å²) in [7, 11) is 0. The summed E-state index contributed by atoms with van der Waals surface area (Å²) in [5, 5.41) is 3.09. The van der Waals surface area contributed by atoms with E-state index in [1.165, 1.54) is 23.7 Å². The smallest absolute Gasteiger partial charge is 0.237 e. The summed E-state index contributed by atoms with van der Waals surface area (Å²) in [6.45, 7) is 2.10. The minimum Gasteiger partial charge on any atom is -0.326 e. The maximum atomic E-state index is 13.0. The Morgan fingerprint density at radius 2 is 1.97 bits per heavy atom. The largest absolute Gasteiger partial charge is 0.326 e. The second kappa shape index (κ2) is 9.24. The van der Waals surface area contributed by atoms with Crippen LogP contribution < -0.4 is 10.2 Å². The van der Waals surface area contributed by atoms with Crippen molar-refractivity contribution in [3.63, 3.8) is 0 Å². The molecule has 1 fully saturated rings. The lowest BCUT2D eigenvalue weighted by atomic mass is 9.88. The molecule has 0 saturated heterocycles. The number of nitrogens with zero attached hydrogens (tertiary/aromatic N) is 2. The van der Waals surface area contributed by atoms with Crippen molar-refractivity contribution < 1.29 is 9.59 Å². The van der Waals surface area contributed by atoms with E-state index in [-0.39, 0.29) is 23.8 Å². The molecule has 2 heterocycles. The summed E-state index contributed by atoms with van der Waals surface area (Å²) in [5.41, 5.74) is 4.00. The van der Waals surface area contributed by atoms with E-state index in [1.54, 1.807) is 11.3 Å². The van der Waals surface area contributed by atoms with Crippen LogP contribution >= 0.6 is 23.1 Å². The minimum atomic E-state index is 0.118. The molecule has 2 aliphatic rings. The van der Waals surface area contributed by atoms with E-state index in [0.29, 0.717) is 5.75 Å². The van der Waals surface area contributed by atoms with Gasteiger partial charge in [0.1, 0.15) is 0 Å². The van der Waals surface area contributed by atoms with Gasteiger partial charge in [0.15, 0.2) is 4.34 Å². The van der Waals surface area contributed by atoms with Crippen molar-refractivity contribution >= 4 is 56.5 Å². The zero-order valence-corrected chi connectivity index (χ0v) is 19.8. The van der Waals surface area contributed by atoms with Crippen molar-refractivity contribution in [3.8, 4) is 0 Å². The SMILES string of the molecule is C[C@H]1Cc2ccccc2N1C(=O)CSc1nc2ccc(NC(=O)C3CCCCC3)cc2s1. The number of amides is 2. The number of hydrogen-bond acceptors (Lipinski definition) is 5. The van der Waals surface area contributed by atoms with Crippen molar-refractivity contribution in [2.24, 2.45) is 5.92 Å². The fourth-order valence-electron chi connectivity index (χ4n) is 4.79. The van der Waals surface area contributed by atoms with E-state index in [4.69, 9.17) is 0 Å². The molecular weight excluding hydrogens is 438 g/mol. The number of carbonyl (C=O) groups is 2. The van der Waals surface area contributed by atoms with Crippen LogP contribution in [-0.4, -0.2) is 28.6 Å². The van der Waals surface area contributed by atoms with E-state index in [9.17, 15) is 9.59 Å². The Labute approximate surface area is 196 Å². The van der Waals surface area contributed by atoms with E-state index in [2.05, 4.69) is 23.3 Å². The molecule has 3 aromatic rings. The molecule has 0 radical (unpaired) electrons. The fourth-order valence-corrected chi connectivity index (χ4v) is 6.76. The van der Waals surface area contributed by atoms with Crippen molar-refractivity contribution in [2.45, 2.75) is 55.8 Å². The van der Waals surface area contributed by atoms with Crippen LogP contribution in [0.5, 0.6) is 0 Å². The third-order valence-corrected chi connectivity index (χ3v) is 8.55. The maximum Gasteiger partial charge on any atom is 0.237 e. The van der Waals surface area contributed by atoms with Gasteiger partial charge in [-0.1, -0.05) is 49.2 Å². The number of nitrogens with one attached hydrogen (secondary N) is 1. The molecule has 32 heavy (non-hydrogen) atoms. The van der Waals surface area contributed by atoms with Crippen molar-refractivity contribution in [1.82, 2.24) is 4.98 Å². The van der Waals surface area contributed by atoms with Gasteiger partial charge in [-0.05, 0) is 56.0 Å². The maximum absolute atomic E-state index is 13.0. The number of carbonyl (C=O) groups excluding carboxylic acids is 2. The molecule has 1 atom stereocenters. The number of fused-ring (bicyclic) bond motifs is 2. The first-order chi connectivity index (χ1) is 15.6. The summed E-state index contributed by atoms with van der Waals surface area (Å²) >= 11 is 3.06. The van der Waals surface area contributed by atoms with Crippen LogP contribution in [0.25, 0.3) is 10.2 Å². The average molecular weight is 466 g/mol. The van der Waals surface area contributed by atoms with Crippen LogP contribution in [0.15, 0.2) is 46.8 Å². The Morgan fingerprint density at radius 3 is 2.81 bits per heavy atom. The highest BCUT2D eigenvalue weighted by Crippen LogP contribution is 2.35. The Kier molecular flexibility index (Phi) is 6.20. The summed E-state index contributed by atoms with van der Waals surface area (Å²) in [5.74, 6) is 0.751. The number of hydrogen-bond donors (Lipinski definition) is 1. The second-order valence-electron chi connectivity index (χ2n) is 8.72. The molecule has 1 N–H and O–H groups in total. The Hall–Kier alpha value is -2.38. The summed E-state index contributed by atoms with van der Waals surface area (Å²) < 4.78 is 1.91. The van der Waals surface area contributed by atoms with Crippen LogP contribution in [0.1, 0.15) is 44.6 Å². The number of thioether (sulfide) groups is 1. The topological polar surface area (TPSA) is 62.3 Å². The third-order valence-electron chi connectivity index (χ3n) is 6.41. The van der Waals surface area contributed by atoms with Gasteiger partial charge in [-0.15, -0.1) is 11.3 Å². The van der Waals surface area contributed by atoms with Gasteiger partial charge in [-0.3, -0.25) is 9.59 Å². The number of aromatic nitrogens is 1. The highest BCUT2D eigenvalue weighted by molar-refractivity contribution is 8.01. The molecule has 0 spiro atoms.